The summed E-state index contributed by atoms with van der Waals surface area (Å²) >= 11 is 0. The molecule has 3 amide bonds. The van der Waals surface area contributed by atoms with Crippen LogP contribution in [0.2, 0.25) is 0 Å². The molecule has 6 nitrogen and oxygen atoms in total. The van der Waals surface area contributed by atoms with Crippen molar-refractivity contribution in [1.82, 2.24) is 15.1 Å². The molecular weight excluding hydrogens is 440 g/mol. The van der Waals surface area contributed by atoms with Crippen LogP contribution in [0.5, 0.6) is 0 Å². The minimum Gasteiger partial charge on any atom is -0.340 e. The van der Waals surface area contributed by atoms with Crippen LogP contribution >= 0.6 is 0 Å². The number of carbonyl (C=O) groups is 3. The highest BCUT2D eigenvalue weighted by atomic mass is 19.1. The summed E-state index contributed by atoms with van der Waals surface area (Å²) in [5.41, 5.74) is 0.495. The van der Waals surface area contributed by atoms with Crippen LogP contribution in [0.15, 0.2) is 48.5 Å². The van der Waals surface area contributed by atoms with E-state index >= 15 is 0 Å². The molecule has 0 bridgehead atoms. The van der Waals surface area contributed by atoms with Gasteiger partial charge in [0.1, 0.15) is 23.2 Å². The van der Waals surface area contributed by atoms with Crippen molar-refractivity contribution < 1.29 is 23.2 Å². The molecule has 8 heteroatoms. The standard InChI is InChI=1S/C26H31F2N3O3/c1-18(2)24(29-25(33)23-20(27)11-7-12-21(23)28)26(34)31-16-14-30(15-17-31)22(32)13-6-10-19-8-4-3-5-9-19/h3-5,7-9,11-12,18,24H,6,10,13-17H2,1-2H3,(H,29,33). The molecule has 0 radical (unpaired) electrons. The molecule has 1 saturated heterocycles. The van der Waals surface area contributed by atoms with Gasteiger partial charge in [-0.05, 0) is 36.5 Å². The Morgan fingerprint density at radius 2 is 1.47 bits per heavy atom. The lowest BCUT2D eigenvalue weighted by molar-refractivity contribution is -0.141. The molecule has 1 heterocycles. The maximum absolute atomic E-state index is 14.0. The zero-order valence-electron chi connectivity index (χ0n) is 19.6. The van der Waals surface area contributed by atoms with E-state index in [9.17, 15) is 23.2 Å². The van der Waals surface area contributed by atoms with Crippen molar-refractivity contribution in [1.29, 1.82) is 0 Å². The number of carbonyl (C=O) groups excluding carboxylic acids is 3. The number of benzene rings is 2. The number of nitrogens with zero attached hydrogens (tertiary/aromatic N) is 2. The van der Waals surface area contributed by atoms with Gasteiger partial charge < -0.3 is 15.1 Å². The summed E-state index contributed by atoms with van der Waals surface area (Å²) < 4.78 is 28.0. The second kappa shape index (κ2) is 11.7. The minimum atomic E-state index is -0.980. The number of rotatable bonds is 8. The Labute approximate surface area is 198 Å². The fraction of sp³-hybridized carbons (Fsp3) is 0.423. The lowest BCUT2D eigenvalue weighted by Crippen LogP contribution is -2.57. The van der Waals surface area contributed by atoms with Crippen molar-refractivity contribution in [2.75, 3.05) is 26.2 Å². The van der Waals surface area contributed by atoms with Gasteiger partial charge in [-0.2, -0.15) is 0 Å². The minimum absolute atomic E-state index is 0.0618. The lowest BCUT2D eigenvalue weighted by Gasteiger charge is -2.37. The SMILES string of the molecule is CC(C)C(NC(=O)c1c(F)cccc1F)C(=O)N1CCN(C(=O)CCCc2ccccc2)CC1. The Kier molecular flexibility index (Phi) is 8.73. The Bertz CT molecular complexity index is 985. The summed E-state index contributed by atoms with van der Waals surface area (Å²) in [5, 5.41) is 2.50. The Balaban J connectivity index is 1.52. The van der Waals surface area contributed by atoms with E-state index in [1.807, 2.05) is 30.3 Å². The van der Waals surface area contributed by atoms with Crippen LogP contribution in [0, 0.1) is 17.6 Å². The van der Waals surface area contributed by atoms with Crippen molar-refractivity contribution in [3.05, 3.63) is 71.3 Å². The second-order valence-corrected chi connectivity index (χ2v) is 8.84. The van der Waals surface area contributed by atoms with Gasteiger partial charge in [-0.15, -0.1) is 0 Å². The molecular formula is C26H31F2N3O3. The number of halogens is 2. The Morgan fingerprint density at radius 3 is 2.06 bits per heavy atom. The third-order valence-corrected chi connectivity index (χ3v) is 6.05. The van der Waals surface area contributed by atoms with E-state index in [0.717, 1.165) is 25.0 Å². The van der Waals surface area contributed by atoms with Crippen LogP contribution in [-0.2, 0) is 16.0 Å². The molecule has 1 atom stereocenters. The Hall–Kier alpha value is -3.29. The first kappa shape index (κ1) is 25.3. The van der Waals surface area contributed by atoms with Crippen molar-refractivity contribution in [2.45, 2.75) is 39.2 Å². The predicted molar refractivity (Wildman–Crippen MR) is 125 cm³/mol. The van der Waals surface area contributed by atoms with Crippen LogP contribution in [0.4, 0.5) is 8.78 Å². The van der Waals surface area contributed by atoms with Gasteiger partial charge in [-0.25, -0.2) is 8.78 Å². The highest BCUT2D eigenvalue weighted by Crippen LogP contribution is 2.15. The summed E-state index contributed by atoms with van der Waals surface area (Å²) in [6, 6.07) is 12.2. The summed E-state index contributed by atoms with van der Waals surface area (Å²) in [6.07, 6.45) is 2.04. The van der Waals surface area contributed by atoms with Gasteiger partial charge in [-0.3, -0.25) is 14.4 Å². The van der Waals surface area contributed by atoms with Crippen molar-refractivity contribution >= 4 is 17.7 Å². The molecule has 1 N–H and O–H groups in total. The van der Waals surface area contributed by atoms with Gasteiger partial charge in [0.15, 0.2) is 0 Å². The van der Waals surface area contributed by atoms with E-state index in [2.05, 4.69) is 5.32 Å². The number of aryl methyl sites for hydroxylation is 1. The first-order chi connectivity index (χ1) is 16.3. The summed E-state index contributed by atoms with van der Waals surface area (Å²) in [5.74, 6) is -3.47. The van der Waals surface area contributed by atoms with Gasteiger partial charge in [-0.1, -0.05) is 50.2 Å². The molecule has 3 rings (SSSR count). The highest BCUT2D eigenvalue weighted by molar-refractivity contribution is 5.98. The monoisotopic (exact) mass is 471 g/mol. The molecule has 0 aromatic heterocycles. The average Bonchev–Trinajstić information content (AvgIpc) is 2.82. The third kappa shape index (κ3) is 6.40. The quantitative estimate of drug-likeness (QED) is 0.642. The maximum atomic E-state index is 14.0. The number of amides is 3. The van der Waals surface area contributed by atoms with Crippen LogP contribution in [-0.4, -0.2) is 59.7 Å². The van der Waals surface area contributed by atoms with Crippen LogP contribution in [0.25, 0.3) is 0 Å². The first-order valence-electron chi connectivity index (χ1n) is 11.6. The average molecular weight is 472 g/mol. The van der Waals surface area contributed by atoms with Gasteiger partial charge >= 0.3 is 0 Å². The maximum Gasteiger partial charge on any atom is 0.257 e. The molecule has 1 aliphatic rings. The van der Waals surface area contributed by atoms with E-state index in [-0.39, 0.29) is 17.7 Å². The lowest BCUT2D eigenvalue weighted by atomic mass is 10.0. The molecule has 34 heavy (non-hydrogen) atoms. The number of nitrogens with one attached hydrogen (secondary N) is 1. The van der Waals surface area contributed by atoms with E-state index in [1.165, 1.54) is 11.6 Å². The predicted octanol–water partition coefficient (Wildman–Crippen LogP) is 3.41. The van der Waals surface area contributed by atoms with Crippen molar-refractivity contribution in [3.8, 4) is 0 Å². The molecule has 1 fully saturated rings. The fourth-order valence-electron chi connectivity index (χ4n) is 4.06. The second-order valence-electron chi connectivity index (χ2n) is 8.84. The summed E-state index contributed by atoms with van der Waals surface area (Å²) in [6.45, 7) is 5.03. The van der Waals surface area contributed by atoms with E-state index in [4.69, 9.17) is 0 Å². The fourth-order valence-corrected chi connectivity index (χ4v) is 4.06. The van der Waals surface area contributed by atoms with Crippen LogP contribution < -0.4 is 5.32 Å². The molecule has 1 unspecified atom stereocenters. The topological polar surface area (TPSA) is 69.7 Å². The zero-order chi connectivity index (χ0) is 24.7. The van der Waals surface area contributed by atoms with Gasteiger partial charge in [0.25, 0.3) is 5.91 Å². The van der Waals surface area contributed by atoms with Crippen molar-refractivity contribution in [2.24, 2.45) is 5.92 Å². The largest absolute Gasteiger partial charge is 0.340 e. The normalized spacial score (nSPS) is 14.7. The Morgan fingerprint density at radius 1 is 0.882 bits per heavy atom. The van der Waals surface area contributed by atoms with Gasteiger partial charge in [0.2, 0.25) is 11.8 Å². The van der Waals surface area contributed by atoms with Crippen molar-refractivity contribution in [3.63, 3.8) is 0 Å². The summed E-state index contributed by atoms with van der Waals surface area (Å²) in [4.78, 5) is 41.5. The van der Waals surface area contributed by atoms with Gasteiger partial charge in [0.05, 0.1) is 0 Å². The molecule has 0 aliphatic carbocycles. The van der Waals surface area contributed by atoms with E-state index in [0.29, 0.717) is 32.6 Å². The number of piperazine rings is 1. The first-order valence-corrected chi connectivity index (χ1v) is 11.6. The zero-order valence-corrected chi connectivity index (χ0v) is 19.6. The van der Waals surface area contributed by atoms with E-state index in [1.54, 1.807) is 23.6 Å². The molecule has 182 valence electrons. The molecule has 2 aromatic rings. The molecule has 2 aromatic carbocycles. The van der Waals surface area contributed by atoms with E-state index < -0.39 is 29.1 Å². The van der Waals surface area contributed by atoms with Crippen LogP contribution in [0.1, 0.15) is 42.6 Å². The summed E-state index contributed by atoms with van der Waals surface area (Å²) in [7, 11) is 0. The highest BCUT2D eigenvalue weighted by Gasteiger charge is 2.32. The number of hydrogen-bond acceptors (Lipinski definition) is 3. The molecule has 0 saturated carbocycles. The van der Waals surface area contributed by atoms with Gasteiger partial charge in [0, 0.05) is 32.6 Å². The third-order valence-electron chi connectivity index (χ3n) is 6.05. The molecule has 1 aliphatic heterocycles. The molecule has 0 spiro atoms. The number of hydrogen-bond donors (Lipinski definition) is 1. The van der Waals surface area contributed by atoms with Crippen LogP contribution in [0.3, 0.4) is 0 Å². The smallest absolute Gasteiger partial charge is 0.257 e.